The summed E-state index contributed by atoms with van der Waals surface area (Å²) in [6, 6.07) is -0.843. The van der Waals surface area contributed by atoms with Crippen LogP contribution >= 0.6 is 11.6 Å². The molecule has 0 aliphatic carbocycles. The van der Waals surface area contributed by atoms with E-state index in [2.05, 4.69) is 5.32 Å². The summed E-state index contributed by atoms with van der Waals surface area (Å²) in [4.78, 5) is 10.8. The lowest BCUT2D eigenvalue weighted by Crippen LogP contribution is -2.62. The molecule has 7 heteroatoms. The van der Waals surface area contributed by atoms with Crippen LogP contribution in [0.2, 0.25) is 0 Å². The zero-order chi connectivity index (χ0) is 11.6. The molecule has 0 spiro atoms. The Morgan fingerprint density at radius 3 is 2.60 bits per heavy atom. The SMILES string of the molecule is CC(=O)N[C@@H]1[C@H](O)[C@@H](CO)O[C@H](O)[C@H]1Cl. The fourth-order valence-electron chi connectivity index (χ4n) is 1.48. The third kappa shape index (κ3) is 2.79. The van der Waals surface area contributed by atoms with Crippen LogP contribution < -0.4 is 5.32 Å². The topological polar surface area (TPSA) is 99.0 Å². The number of aliphatic hydroxyl groups excluding tert-OH is 3. The van der Waals surface area contributed by atoms with Crippen LogP contribution in [0.15, 0.2) is 0 Å². The predicted octanol–water partition coefficient (Wildman–Crippen LogP) is -1.83. The lowest BCUT2D eigenvalue weighted by molar-refractivity contribution is -0.214. The molecule has 4 N–H and O–H groups in total. The van der Waals surface area contributed by atoms with Crippen molar-refractivity contribution in [3.05, 3.63) is 0 Å². The molecule has 1 aliphatic rings. The van der Waals surface area contributed by atoms with Crippen LogP contribution in [-0.2, 0) is 9.53 Å². The standard InChI is InChI=1S/C8H14ClNO5/c1-3(12)10-6-5(9)8(14)15-4(2-11)7(6)13/h4-8,11,13-14H,2H2,1H3,(H,10,12)/t4-,5+,6+,7-,8+/m1/s1. The Kier molecular flexibility index (Phi) is 4.30. The maximum atomic E-state index is 10.8. The number of hydrogen-bond donors (Lipinski definition) is 4. The fourth-order valence-corrected chi connectivity index (χ4v) is 1.75. The van der Waals surface area contributed by atoms with Crippen LogP contribution in [0.4, 0.5) is 0 Å². The molecule has 0 bridgehead atoms. The minimum Gasteiger partial charge on any atom is -0.394 e. The third-order valence-corrected chi connectivity index (χ3v) is 2.72. The van der Waals surface area contributed by atoms with Crippen molar-refractivity contribution in [3.63, 3.8) is 0 Å². The van der Waals surface area contributed by atoms with Crippen LogP contribution in [0.5, 0.6) is 0 Å². The van der Waals surface area contributed by atoms with Gasteiger partial charge in [-0.05, 0) is 0 Å². The Morgan fingerprint density at radius 1 is 1.53 bits per heavy atom. The molecule has 88 valence electrons. The lowest BCUT2D eigenvalue weighted by Gasteiger charge is -2.40. The molecular weight excluding hydrogens is 226 g/mol. The average Bonchev–Trinajstić information content (AvgIpc) is 2.18. The summed E-state index contributed by atoms with van der Waals surface area (Å²) >= 11 is 5.76. The van der Waals surface area contributed by atoms with E-state index in [1.807, 2.05) is 0 Å². The van der Waals surface area contributed by atoms with Gasteiger partial charge in [-0.25, -0.2) is 0 Å². The van der Waals surface area contributed by atoms with Gasteiger partial charge in [0.2, 0.25) is 5.91 Å². The number of ether oxygens (including phenoxy) is 1. The molecule has 15 heavy (non-hydrogen) atoms. The second-order valence-electron chi connectivity index (χ2n) is 3.41. The number of hydrogen-bond acceptors (Lipinski definition) is 5. The van der Waals surface area contributed by atoms with E-state index in [1.54, 1.807) is 0 Å². The Bertz CT molecular complexity index is 239. The van der Waals surface area contributed by atoms with Gasteiger partial charge in [-0.3, -0.25) is 4.79 Å². The number of carbonyl (C=O) groups is 1. The van der Waals surface area contributed by atoms with E-state index in [1.165, 1.54) is 6.92 Å². The van der Waals surface area contributed by atoms with Crippen molar-refractivity contribution in [1.82, 2.24) is 5.32 Å². The number of alkyl halides is 1. The van der Waals surface area contributed by atoms with E-state index in [9.17, 15) is 15.0 Å². The molecule has 0 aromatic heterocycles. The van der Waals surface area contributed by atoms with Crippen LogP contribution in [0, 0.1) is 0 Å². The van der Waals surface area contributed by atoms with Crippen molar-refractivity contribution < 1.29 is 24.9 Å². The van der Waals surface area contributed by atoms with E-state index in [0.717, 1.165) is 0 Å². The van der Waals surface area contributed by atoms with Crippen LogP contribution in [0.25, 0.3) is 0 Å². The van der Waals surface area contributed by atoms with Gasteiger partial charge in [0.25, 0.3) is 0 Å². The number of amides is 1. The van der Waals surface area contributed by atoms with Gasteiger partial charge in [-0.15, -0.1) is 11.6 Å². The van der Waals surface area contributed by atoms with Gasteiger partial charge < -0.3 is 25.4 Å². The largest absolute Gasteiger partial charge is 0.394 e. The maximum absolute atomic E-state index is 10.8. The van der Waals surface area contributed by atoms with Crippen molar-refractivity contribution >= 4 is 17.5 Å². The highest BCUT2D eigenvalue weighted by Gasteiger charge is 2.43. The van der Waals surface area contributed by atoms with E-state index in [4.69, 9.17) is 21.4 Å². The van der Waals surface area contributed by atoms with Gasteiger partial charge in [0.15, 0.2) is 6.29 Å². The second-order valence-corrected chi connectivity index (χ2v) is 3.91. The molecule has 0 aromatic carbocycles. The van der Waals surface area contributed by atoms with Crippen molar-refractivity contribution in [2.75, 3.05) is 6.61 Å². The van der Waals surface area contributed by atoms with Crippen LogP contribution in [-0.4, -0.2) is 57.8 Å². The van der Waals surface area contributed by atoms with E-state index in [-0.39, 0.29) is 5.91 Å². The van der Waals surface area contributed by atoms with E-state index >= 15 is 0 Å². The fraction of sp³-hybridized carbons (Fsp3) is 0.875. The first kappa shape index (κ1) is 12.7. The van der Waals surface area contributed by atoms with Gasteiger partial charge >= 0.3 is 0 Å². The minimum atomic E-state index is -1.33. The Labute approximate surface area is 91.8 Å². The molecule has 0 radical (unpaired) electrons. The summed E-state index contributed by atoms with van der Waals surface area (Å²) in [6.07, 6.45) is -3.43. The van der Waals surface area contributed by atoms with Crippen molar-refractivity contribution in [1.29, 1.82) is 0 Å². The molecule has 1 fully saturated rings. The molecule has 5 atom stereocenters. The first-order valence-electron chi connectivity index (χ1n) is 4.51. The summed E-state index contributed by atoms with van der Waals surface area (Å²) in [5, 5.41) is 29.3. The monoisotopic (exact) mass is 239 g/mol. The first-order valence-corrected chi connectivity index (χ1v) is 4.94. The number of nitrogens with one attached hydrogen (secondary N) is 1. The molecule has 6 nitrogen and oxygen atoms in total. The third-order valence-electron chi connectivity index (χ3n) is 2.23. The average molecular weight is 240 g/mol. The van der Waals surface area contributed by atoms with Crippen LogP contribution in [0.3, 0.4) is 0 Å². The molecule has 0 saturated carbocycles. The summed E-state index contributed by atoms with van der Waals surface area (Å²) < 4.78 is 4.84. The Hall–Kier alpha value is -0.400. The minimum absolute atomic E-state index is 0.379. The first-order chi connectivity index (χ1) is 6.97. The molecule has 0 aromatic rings. The smallest absolute Gasteiger partial charge is 0.217 e. The van der Waals surface area contributed by atoms with Crippen molar-refractivity contribution in [2.24, 2.45) is 0 Å². The Balaban J connectivity index is 2.74. The Morgan fingerprint density at radius 2 is 2.13 bits per heavy atom. The van der Waals surface area contributed by atoms with E-state index < -0.39 is 36.5 Å². The van der Waals surface area contributed by atoms with Crippen molar-refractivity contribution in [3.8, 4) is 0 Å². The van der Waals surface area contributed by atoms with Crippen molar-refractivity contribution in [2.45, 2.75) is 36.8 Å². The highest BCUT2D eigenvalue weighted by molar-refractivity contribution is 6.21. The molecule has 1 amide bonds. The van der Waals surface area contributed by atoms with Gasteiger partial charge in [0, 0.05) is 6.92 Å². The zero-order valence-corrected chi connectivity index (χ0v) is 8.89. The van der Waals surface area contributed by atoms with Gasteiger partial charge in [-0.2, -0.15) is 0 Å². The maximum Gasteiger partial charge on any atom is 0.217 e. The van der Waals surface area contributed by atoms with Gasteiger partial charge in [0.1, 0.15) is 17.6 Å². The summed E-state index contributed by atoms with van der Waals surface area (Å²) in [7, 11) is 0. The number of carbonyl (C=O) groups excluding carboxylic acids is 1. The molecule has 0 unspecified atom stereocenters. The van der Waals surface area contributed by atoms with Gasteiger partial charge in [0.05, 0.1) is 12.6 Å². The second kappa shape index (κ2) is 5.09. The molecule has 1 rings (SSSR count). The normalized spacial score (nSPS) is 41.3. The highest BCUT2D eigenvalue weighted by Crippen LogP contribution is 2.23. The highest BCUT2D eigenvalue weighted by atomic mass is 35.5. The summed E-state index contributed by atoms with van der Waals surface area (Å²) in [6.45, 7) is 0.810. The predicted molar refractivity (Wildman–Crippen MR) is 51.2 cm³/mol. The van der Waals surface area contributed by atoms with E-state index in [0.29, 0.717) is 0 Å². The molecule has 1 saturated heterocycles. The number of halogens is 1. The summed E-state index contributed by atoms with van der Waals surface area (Å²) in [5.74, 6) is -0.379. The molecule has 1 aliphatic heterocycles. The van der Waals surface area contributed by atoms with Crippen LogP contribution in [0.1, 0.15) is 6.92 Å². The molecule has 1 heterocycles. The number of rotatable bonds is 2. The van der Waals surface area contributed by atoms with Gasteiger partial charge in [-0.1, -0.05) is 0 Å². The molecular formula is C8H14ClNO5. The lowest BCUT2D eigenvalue weighted by atomic mass is 9.98. The summed E-state index contributed by atoms with van der Waals surface area (Å²) in [5.41, 5.74) is 0. The quantitative estimate of drug-likeness (QED) is 0.425. The number of aliphatic hydroxyl groups is 3. The zero-order valence-electron chi connectivity index (χ0n) is 8.13.